The number of carbonyl (C=O) groups excluding carboxylic acids is 2. The number of anilines is 1. The van der Waals surface area contributed by atoms with Crippen LogP contribution < -0.4 is 9.62 Å². The zero-order chi connectivity index (χ0) is 31.9. The lowest BCUT2D eigenvalue weighted by molar-refractivity contribution is -0.140. The van der Waals surface area contributed by atoms with E-state index in [4.69, 9.17) is 34.8 Å². The van der Waals surface area contributed by atoms with Gasteiger partial charge in [-0.05, 0) is 61.4 Å². The molecule has 0 aliphatic carbocycles. The van der Waals surface area contributed by atoms with Gasteiger partial charge in [0, 0.05) is 24.5 Å². The smallest absolute Gasteiger partial charge is 0.264 e. The summed E-state index contributed by atoms with van der Waals surface area (Å²) in [4.78, 5) is 29.3. The average molecular weight is 673 g/mol. The van der Waals surface area contributed by atoms with Gasteiger partial charge in [0.05, 0.1) is 20.6 Å². The van der Waals surface area contributed by atoms with Gasteiger partial charge in [-0.2, -0.15) is 0 Å². The Balaban J connectivity index is 1.82. The first-order valence-corrected chi connectivity index (χ1v) is 16.5. The fourth-order valence-electron chi connectivity index (χ4n) is 4.66. The van der Waals surface area contributed by atoms with Crippen molar-refractivity contribution in [2.24, 2.45) is 0 Å². The molecule has 44 heavy (non-hydrogen) atoms. The average Bonchev–Trinajstić information content (AvgIpc) is 3.00. The lowest BCUT2D eigenvalue weighted by Gasteiger charge is -2.34. The number of nitrogens with zero attached hydrogens (tertiary/aromatic N) is 2. The third-order valence-corrected chi connectivity index (χ3v) is 9.90. The minimum atomic E-state index is -4.27. The van der Waals surface area contributed by atoms with E-state index in [1.54, 1.807) is 43.3 Å². The molecule has 7 nitrogen and oxygen atoms in total. The van der Waals surface area contributed by atoms with E-state index in [0.29, 0.717) is 17.1 Å². The molecular weight excluding hydrogens is 641 g/mol. The van der Waals surface area contributed by atoms with Crippen LogP contribution in [0.3, 0.4) is 0 Å². The maximum absolute atomic E-state index is 14.4. The fraction of sp³-hybridized carbons (Fsp3) is 0.212. The van der Waals surface area contributed by atoms with Crippen LogP contribution in [0.2, 0.25) is 15.1 Å². The van der Waals surface area contributed by atoms with Gasteiger partial charge in [-0.3, -0.25) is 13.9 Å². The van der Waals surface area contributed by atoms with Gasteiger partial charge in [-0.1, -0.05) is 101 Å². The summed E-state index contributed by atoms with van der Waals surface area (Å²) in [7, 11) is -4.27. The van der Waals surface area contributed by atoms with Gasteiger partial charge in [-0.25, -0.2) is 8.42 Å². The highest BCUT2D eigenvalue weighted by atomic mass is 35.5. The number of rotatable bonds is 12. The van der Waals surface area contributed by atoms with Crippen LogP contribution in [0, 0.1) is 6.92 Å². The number of amides is 2. The monoisotopic (exact) mass is 671 g/mol. The van der Waals surface area contributed by atoms with Crippen molar-refractivity contribution < 1.29 is 18.0 Å². The molecule has 1 atom stereocenters. The number of hydrogen-bond acceptors (Lipinski definition) is 4. The molecule has 230 valence electrons. The number of nitrogens with one attached hydrogen (secondary N) is 1. The maximum atomic E-state index is 14.4. The summed E-state index contributed by atoms with van der Waals surface area (Å²) < 4.78 is 29.2. The Morgan fingerprint density at radius 2 is 1.48 bits per heavy atom. The van der Waals surface area contributed by atoms with Gasteiger partial charge in [0.25, 0.3) is 10.0 Å². The number of hydrogen-bond donors (Lipinski definition) is 1. The number of aryl methyl sites for hydroxylation is 1. The standard InChI is InChI=1S/C33H32Cl3N3O4S/c1-3-37-33(41)31(19-24-9-5-4-6-10-24)38(21-25-11-7-8-12-28(25)34)32(40)22-39(26-15-18-29(35)30(36)20-26)44(42,43)27-16-13-23(2)14-17-27/h4-18,20,31H,3,19,21-22H2,1-2H3,(H,37,41). The lowest BCUT2D eigenvalue weighted by Crippen LogP contribution is -2.53. The molecule has 0 saturated carbocycles. The van der Waals surface area contributed by atoms with Crippen LogP contribution in [0.4, 0.5) is 5.69 Å². The lowest BCUT2D eigenvalue weighted by atomic mass is 10.0. The van der Waals surface area contributed by atoms with E-state index in [9.17, 15) is 18.0 Å². The van der Waals surface area contributed by atoms with Crippen LogP contribution in [0.25, 0.3) is 0 Å². The Morgan fingerprint density at radius 3 is 2.11 bits per heavy atom. The predicted octanol–water partition coefficient (Wildman–Crippen LogP) is 6.93. The molecule has 0 aliphatic heterocycles. The molecule has 0 aliphatic rings. The van der Waals surface area contributed by atoms with E-state index in [2.05, 4.69) is 5.32 Å². The molecule has 11 heteroatoms. The second-order valence-electron chi connectivity index (χ2n) is 10.1. The van der Waals surface area contributed by atoms with Crippen molar-refractivity contribution in [1.82, 2.24) is 10.2 Å². The number of sulfonamides is 1. The van der Waals surface area contributed by atoms with Gasteiger partial charge in [0.15, 0.2) is 0 Å². The second kappa shape index (κ2) is 14.9. The molecular formula is C33H32Cl3N3O4S. The molecule has 0 bridgehead atoms. The largest absolute Gasteiger partial charge is 0.355 e. The summed E-state index contributed by atoms with van der Waals surface area (Å²) in [5, 5.41) is 3.60. The van der Waals surface area contributed by atoms with Crippen LogP contribution in [0.15, 0.2) is 102 Å². The van der Waals surface area contributed by atoms with Crippen LogP contribution in [-0.4, -0.2) is 44.3 Å². The third kappa shape index (κ3) is 8.12. The first-order valence-electron chi connectivity index (χ1n) is 13.9. The maximum Gasteiger partial charge on any atom is 0.264 e. The Labute approximate surface area is 273 Å². The van der Waals surface area contributed by atoms with Crippen molar-refractivity contribution in [3.8, 4) is 0 Å². The van der Waals surface area contributed by atoms with Crippen LogP contribution in [-0.2, 0) is 32.6 Å². The van der Waals surface area contributed by atoms with E-state index in [1.165, 1.54) is 35.2 Å². The van der Waals surface area contributed by atoms with Crippen molar-refractivity contribution in [1.29, 1.82) is 0 Å². The Kier molecular flexibility index (Phi) is 11.3. The van der Waals surface area contributed by atoms with Crippen molar-refractivity contribution in [3.05, 3.63) is 129 Å². The molecule has 0 fully saturated rings. The molecule has 0 heterocycles. The summed E-state index contributed by atoms with van der Waals surface area (Å²) in [6.07, 6.45) is 0.195. The fourth-order valence-corrected chi connectivity index (χ4v) is 6.56. The van der Waals surface area contributed by atoms with Gasteiger partial charge in [0.1, 0.15) is 12.6 Å². The number of benzene rings is 4. The normalized spacial score (nSPS) is 11.9. The van der Waals surface area contributed by atoms with Gasteiger partial charge < -0.3 is 10.2 Å². The molecule has 0 spiro atoms. The van der Waals surface area contributed by atoms with Gasteiger partial charge >= 0.3 is 0 Å². The molecule has 1 N–H and O–H groups in total. The summed E-state index contributed by atoms with van der Waals surface area (Å²) in [5.41, 5.74) is 2.45. The Hall–Kier alpha value is -3.56. The highest BCUT2D eigenvalue weighted by Gasteiger charge is 2.35. The minimum absolute atomic E-state index is 0.0100. The summed E-state index contributed by atoms with van der Waals surface area (Å²) in [5.74, 6) is -0.988. The highest BCUT2D eigenvalue weighted by molar-refractivity contribution is 7.92. The minimum Gasteiger partial charge on any atom is -0.355 e. The van der Waals surface area contributed by atoms with Crippen LogP contribution >= 0.6 is 34.8 Å². The highest BCUT2D eigenvalue weighted by Crippen LogP contribution is 2.31. The van der Waals surface area contributed by atoms with Gasteiger partial charge in [0.2, 0.25) is 11.8 Å². The molecule has 0 saturated heterocycles. The number of carbonyl (C=O) groups is 2. The molecule has 0 radical (unpaired) electrons. The van der Waals surface area contributed by atoms with Gasteiger partial charge in [-0.15, -0.1) is 0 Å². The van der Waals surface area contributed by atoms with Crippen molar-refractivity contribution >= 4 is 62.3 Å². The summed E-state index contributed by atoms with van der Waals surface area (Å²) in [6.45, 7) is 3.32. The zero-order valence-corrected chi connectivity index (χ0v) is 27.3. The van der Waals surface area contributed by atoms with Crippen molar-refractivity contribution in [2.45, 2.75) is 37.8 Å². The number of likely N-dealkylation sites (N-methyl/N-ethyl adjacent to an activating group) is 1. The number of halogens is 3. The van der Waals surface area contributed by atoms with E-state index in [-0.39, 0.29) is 39.5 Å². The second-order valence-corrected chi connectivity index (χ2v) is 13.2. The first kappa shape index (κ1) is 33.3. The summed E-state index contributed by atoms with van der Waals surface area (Å²) in [6, 6.07) is 26.0. The van der Waals surface area contributed by atoms with E-state index >= 15 is 0 Å². The molecule has 4 rings (SSSR count). The molecule has 1 unspecified atom stereocenters. The molecule has 4 aromatic carbocycles. The zero-order valence-electron chi connectivity index (χ0n) is 24.2. The van der Waals surface area contributed by atoms with E-state index in [1.807, 2.05) is 37.3 Å². The quantitative estimate of drug-likeness (QED) is 0.177. The van der Waals surface area contributed by atoms with Crippen molar-refractivity contribution in [2.75, 3.05) is 17.4 Å². The molecule has 0 aromatic heterocycles. The third-order valence-electron chi connectivity index (χ3n) is 7.00. The predicted molar refractivity (Wildman–Crippen MR) is 177 cm³/mol. The molecule has 4 aromatic rings. The van der Waals surface area contributed by atoms with E-state index < -0.39 is 28.5 Å². The van der Waals surface area contributed by atoms with Crippen LogP contribution in [0.5, 0.6) is 0 Å². The van der Waals surface area contributed by atoms with E-state index in [0.717, 1.165) is 15.4 Å². The van der Waals surface area contributed by atoms with Crippen molar-refractivity contribution in [3.63, 3.8) is 0 Å². The SMILES string of the molecule is CCNC(=O)C(Cc1ccccc1)N(Cc1ccccc1Cl)C(=O)CN(c1ccc(Cl)c(Cl)c1)S(=O)(=O)c1ccc(C)cc1. The Morgan fingerprint density at radius 1 is 0.818 bits per heavy atom. The topological polar surface area (TPSA) is 86.8 Å². The first-order chi connectivity index (χ1) is 21.0. The molecule has 2 amide bonds. The summed E-state index contributed by atoms with van der Waals surface area (Å²) >= 11 is 19.0. The van der Waals surface area contributed by atoms with Crippen LogP contribution in [0.1, 0.15) is 23.6 Å². The Bertz CT molecular complexity index is 1720.